The summed E-state index contributed by atoms with van der Waals surface area (Å²) in [5.41, 5.74) is 23.3. The molecule has 0 saturated carbocycles. The molecule has 440 valence electrons. The predicted molar refractivity (Wildman–Crippen MR) is 370 cm³/mol. The van der Waals surface area contributed by atoms with Crippen LogP contribution in [-0.2, 0) is 20.1 Å². The van der Waals surface area contributed by atoms with E-state index in [9.17, 15) is 0 Å². The molecule has 11 aromatic carbocycles. The molecule has 0 aliphatic rings. The zero-order valence-electron chi connectivity index (χ0n) is 51.3. The van der Waals surface area contributed by atoms with E-state index >= 15 is 0 Å². The second-order valence-electron chi connectivity index (χ2n) is 23.2. The molecule has 0 aliphatic heterocycles. The van der Waals surface area contributed by atoms with Crippen LogP contribution in [0.5, 0.6) is 0 Å². The van der Waals surface area contributed by atoms with Crippen molar-refractivity contribution in [1.82, 2.24) is 42.6 Å². The molecule has 17 aromatic rings. The van der Waals surface area contributed by atoms with Crippen LogP contribution in [0.2, 0.25) is 0 Å². The molecule has 0 fully saturated rings. The van der Waals surface area contributed by atoms with Gasteiger partial charge >= 0.3 is 20.1 Å². The normalized spacial score (nSPS) is 11.3. The molecule has 0 atom stereocenters. The van der Waals surface area contributed by atoms with Crippen molar-refractivity contribution in [2.45, 2.75) is 41.5 Å². The monoisotopic (exact) mass is 1350 g/mol. The van der Waals surface area contributed by atoms with E-state index in [1.54, 1.807) is 6.20 Å². The van der Waals surface area contributed by atoms with Gasteiger partial charge in [-0.15, -0.1) is 59.0 Å². The topological polar surface area (TPSA) is 68.2 Å². The molecule has 6 aromatic heterocycles. The number of imidazole rings is 2. The Hall–Kier alpha value is -10.9. The Morgan fingerprint density at radius 3 is 1.04 bits per heavy atom. The quantitative estimate of drug-likeness (QED) is 0.142. The number of fused-ring (bicyclic) bond motifs is 9. The molecular weight excluding hydrogens is 1290 g/mol. The minimum absolute atomic E-state index is 0. The molecule has 0 unspecified atom stereocenters. The van der Waals surface area contributed by atoms with Crippen molar-refractivity contribution < 1.29 is 20.1 Å². The molecule has 0 radical (unpaired) electrons. The van der Waals surface area contributed by atoms with Gasteiger partial charge in [0, 0.05) is 82.2 Å². The van der Waals surface area contributed by atoms with E-state index in [0.717, 1.165) is 62.1 Å². The molecule has 9 nitrogen and oxygen atoms in total. The van der Waals surface area contributed by atoms with E-state index in [-0.39, 0.29) is 20.1 Å². The van der Waals surface area contributed by atoms with Crippen LogP contribution in [0, 0.1) is 59.7 Å². The summed E-state index contributed by atoms with van der Waals surface area (Å²) in [5, 5.41) is 11.6. The molecule has 0 bridgehead atoms. The van der Waals surface area contributed by atoms with Gasteiger partial charge in [0.2, 0.25) is 0 Å². The Balaban J connectivity index is 0.000000120. The Morgan fingerprint density at radius 2 is 0.670 bits per heavy atom. The van der Waals surface area contributed by atoms with Gasteiger partial charge in [-0.25, -0.2) is 0 Å². The number of para-hydroxylation sites is 6. The molecular formula is C81H62IrN9. The first kappa shape index (κ1) is 57.8. The third-order valence-electron chi connectivity index (χ3n) is 17.1. The number of nitrogens with zero attached hydrogens (tertiary/aromatic N) is 9. The molecule has 6 heterocycles. The first-order chi connectivity index (χ1) is 44.1. The van der Waals surface area contributed by atoms with E-state index in [4.69, 9.17) is 9.97 Å². The zero-order valence-corrected chi connectivity index (χ0v) is 53.7. The summed E-state index contributed by atoms with van der Waals surface area (Å²) in [7, 11) is 0. The van der Waals surface area contributed by atoms with Gasteiger partial charge in [0.05, 0.1) is 11.6 Å². The van der Waals surface area contributed by atoms with Crippen molar-refractivity contribution >= 4 is 65.4 Å². The Kier molecular flexibility index (Phi) is 15.4. The fourth-order valence-corrected chi connectivity index (χ4v) is 13.6. The van der Waals surface area contributed by atoms with Gasteiger partial charge in [0.25, 0.3) is 0 Å². The minimum Gasteiger partial charge on any atom is -0.364 e. The first-order valence-electron chi connectivity index (χ1n) is 30.4. The molecule has 0 N–H and O–H groups in total. The zero-order chi connectivity index (χ0) is 61.0. The van der Waals surface area contributed by atoms with Crippen LogP contribution in [0.1, 0.15) is 33.4 Å². The summed E-state index contributed by atoms with van der Waals surface area (Å²) < 4.78 is 13.1. The minimum atomic E-state index is 0. The Bertz CT molecular complexity index is 5200. The summed E-state index contributed by atoms with van der Waals surface area (Å²) in [6, 6.07) is 91.3. The number of hydrogen-bond donors (Lipinski definition) is 0. The van der Waals surface area contributed by atoms with Gasteiger partial charge in [0.15, 0.2) is 0 Å². The van der Waals surface area contributed by atoms with E-state index < -0.39 is 0 Å². The molecule has 10 heteroatoms. The average molecular weight is 1350 g/mol. The molecule has 17 rings (SSSR count). The van der Waals surface area contributed by atoms with E-state index in [1.165, 1.54) is 93.6 Å². The molecule has 0 spiro atoms. The largest absolute Gasteiger partial charge is 3.00 e. The summed E-state index contributed by atoms with van der Waals surface area (Å²) in [5.74, 6) is 1.81. The van der Waals surface area contributed by atoms with Crippen molar-refractivity contribution in [3.8, 4) is 56.9 Å². The van der Waals surface area contributed by atoms with Crippen LogP contribution < -0.4 is 0 Å². The van der Waals surface area contributed by atoms with Crippen molar-refractivity contribution in [3.63, 3.8) is 0 Å². The van der Waals surface area contributed by atoms with Crippen LogP contribution in [0.4, 0.5) is 0 Å². The number of aryl methyl sites for hydroxylation is 6. The summed E-state index contributed by atoms with van der Waals surface area (Å²) in [4.78, 5) is 9.49. The van der Waals surface area contributed by atoms with Crippen molar-refractivity contribution in [2.24, 2.45) is 0 Å². The van der Waals surface area contributed by atoms with Crippen molar-refractivity contribution in [2.75, 3.05) is 0 Å². The summed E-state index contributed by atoms with van der Waals surface area (Å²) in [6.45, 7) is 12.9. The smallest absolute Gasteiger partial charge is 0.364 e. The number of benzene rings is 11. The van der Waals surface area contributed by atoms with Crippen LogP contribution in [0.25, 0.3) is 122 Å². The third kappa shape index (κ3) is 10.5. The molecule has 91 heavy (non-hydrogen) atoms. The maximum Gasteiger partial charge on any atom is 3.00 e. The van der Waals surface area contributed by atoms with Gasteiger partial charge in [0.1, 0.15) is 0 Å². The first-order valence-corrected chi connectivity index (χ1v) is 30.4. The van der Waals surface area contributed by atoms with Gasteiger partial charge in [-0.05, 0) is 157 Å². The second-order valence-corrected chi connectivity index (χ2v) is 23.2. The fourth-order valence-electron chi connectivity index (χ4n) is 13.6. The van der Waals surface area contributed by atoms with Crippen molar-refractivity contribution in [3.05, 3.63) is 319 Å². The van der Waals surface area contributed by atoms with Gasteiger partial charge < -0.3 is 22.8 Å². The fraction of sp³-hybridized carbons (Fsp3) is 0.0741. The van der Waals surface area contributed by atoms with Gasteiger partial charge in [-0.3, -0.25) is 14.6 Å². The third-order valence-corrected chi connectivity index (χ3v) is 17.1. The van der Waals surface area contributed by atoms with Crippen LogP contribution in [0.3, 0.4) is 0 Å². The molecule has 0 amide bonds. The SMILES string of the molecule is Cc1cc(C)c(-n2ccnc2-c2[c-]cc3c(c2)c2ccccc2n3-c2ccccc2)c(C)c1.Cc1cc(C)c(-n2ccnc2-c2[c-]cc3c(c2)c2ccccc2n3-c2ccccc2)c(C)c1.[Ir+3].[c-]1cc2c(cc1-n1cccn1)c1ccccc1n2-c1ccccc1. The summed E-state index contributed by atoms with van der Waals surface area (Å²) in [6.07, 6.45) is 11.6. The Labute approximate surface area is 542 Å². The van der Waals surface area contributed by atoms with Gasteiger partial charge in [-0.2, -0.15) is 17.2 Å². The molecule has 0 aliphatic carbocycles. The number of aromatic nitrogens is 9. The van der Waals surface area contributed by atoms with E-state index in [0.29, 0.717) is 0 Å². The van der Waals surface area contributed by atoms with Crippen molar-refractivity contribution in [1.29, 1.82) is 0 Å². The van der Waals surface area contributed by atoms with E-state index in [2.05, 4.69) is 306 Å². The van der Waals surface area contributed by atoms with Crippen LogP contribution >= 0.6 is 0 Å². The van der Waals surface area contributed by atoms with Crippen LogP contribution in [0.15, 0.2) is 268 Å². The maximum atomic E-state index is 4.74. The Morgan fingerprint density at radius 1 is 0.319 bits per heavy atom. The number of hydrogen-bond acceptors (Lipinski definition) is 3. The van der Waals surface area contributed by atoms with Crippen LogP contribution in [-0.4, -0.2) is 42.6 Å². The predicted octanol–water partition coefficient (Wildman–Crippen LogP) is 19.5. The average Bonchev–Trinajstić information content (AvgIpc) is 1.66. The molecule has 0 saturated heterocycles. The number of rotatable bonds is 8. The van der Waals surface area contributed by atoms with Gasteiger partial charge in [-0.1, -0.05) is 161 Å². The summed E-state index contributed by atoms with van der Waals surface area (Å²) >= 11 is 0. The standard InChI is InChI=1S/2C30H24N3.C21H14N3.Ir/c2*1-20-17-21(2)29(22(3)18-20)32-16-15-31-30(32)23-13-14-28-26(19-23)25-11-7-8-12-27(25)33(28)24-9-5-4-6-10-24;1-2-7-16(8-3-1)24-20-10-5-4-9-18(20)19-15-17(11-12-21(19)24)23-14-6-13-22-23;/h2*4-12,14-19H,1-3H3;1-10,12-15H;/q3*-1;+3. The maximum absolute atomic E-state index is 4.74. The second kappa shape index (κ2) is 24.2. The van der Waals surface area contributed by atoms with E-state index in [1.807, 2.05) is 47.8 Å².